The average Bonchev–Trinajstić information content (AvgIpc) is 3.28. The first kappa shape index (κ1) is 25.7. The molecule has 3 rings (SSSR count). The smallest absolute Gasteiger partial charge is 0.227 e. The minimum atomic E-state index is 0. The molecule has 0 aliphatic carbocycles. The van der Waals surface area contributed by atoms with Crippen molar-refractivity contribution < 1.29 is 9.59 Å². The Hall–Kier alpha value is -1.55. The summed E-state index contributed by atoms with van der Waals surface area (Å²) in [6.45, 7) is 7.85. The van der Waals surface area contributed by atoms with Crippen molar-refractivity contribution in [2.75, 3.05) is 52.4 Å². The van der Waals surface area contributed by atoms with Crippen molar-refractivity contribution in [1.82, 2.24) is 20.0 Å². The number of nitrogens with one attached hydrogen (secondary N) is 1. The molecule has 2 aliphatic heterocycles. The highest BCUT2D eigenvalue weighted by atomic mass is 127. The maximum absolute atomic E-state index is 12.6. The van der Waals surface area contributed by atoms with Gasteiger partial charge < -0.3 is 20.0 Å². The van der Waals surface area contributed by atoms with Crippen molar-refractivity contribution in [1.29, 1.82) is 0 Å². The molecule has 2 aliphatic rings. The lowest BCUT2D eigenvalue weighted by Crippen LogP contribution is -2.54. The van der Waals surface area contributed by atoms with E-state index < -0.39 is 0 Å². The monoisotopic (exact) mass is 561 g/mol. The van der Waals surface area contributed by atoms with Gasteiger partial charge in [0, 0.05) is 57.3 Å². The molecule has 0 radical (unpaired) electrons. The second-order valence-electron chi connectivity index (χ2n) is 7.75. The average molecular weight is 562 g/mol. The number of amides is 2. The number of piperazine rings is 1. The van der Waals surface area contributed by atoms with Gasteiger partial charge in [-0.05, 0) is 37.5 Å². The lowest BCUT2D eigenvalue weighted by atomic mass is 10.1. The highest BCUT2D eigenvalue weighted by Gasteiger charge is 2.23. The first-order valence-electron chi connectivity index (χ1n) is 10.9. The van der Waals surface area contributed by atoms with Crippen LogP contribution in [-0.4, -0.2) is 84.8 Å². The van der Waals surface area contributed by atoms with Gasteiger partial charge in [0.25, 0.3) is 0 Å². The van der Waals surface area contributed by atoms with Gasteiger partial charge in [0.05, 0.1) is 13.0 Å². The van der Waals surface area contributed by atoms with Crippen molar-refractivity contribution in [3.05, 3.63) is 34.9 Å². The fourth-order valence-electron chi connectivity index (χ4n) is 3.91. The van der Waals surface area contributed by atoms with Crippen LogP contribution < -0.4 is 5.32 Å². The molecule has 1 aromatic rings. The largest absolute Gasteiger partial charge is 0.357 e. The molecule has 0 unspecified atom stereocenters. The number of aliphatic imine (C=N–C) groups is 1. The van der Waals surface area contributed by atoms with Crippen LogP contribution in [0.1, 0.15) is 31.7 Å². The van der Waals surface area contributed by atoms with Crippen molar-refractivity contribution >= 4 is 53.4 Å². The van der Waals surface area contributed by atoms with Gasteiger partial charge >= 0.3 is 0 Å². The number of benzene rings is 1. The summed E-state index contributed by atoms with van der Waals surface area (Å²) in [5.41, 5.74) is 0.938. The molecule has 172 valence electrons. The molecule has 31 heavy (non-hydrogen) atoms. The fraction of sp³-hybridized carbons (Fsp3) is 0.591. The molecule has 0 saturated carbocycles. The summed E-state index contributed by atoms with van der Waals surface area (Å²) < 4.78 is 0. The molecule has 7 nitrogen and oxygen atoms in total. The first-order valence-corrected chi connectivity index (χ1v) is 11.3. The van der Waals surface area contributed by atoms with Crippen LogP contribution in [0.3, 0.4) is 0 Å². The highest BCUT2D eigenvalue weighted by molar-refractivity contribution is 14.0. The molecular weight excluding hydrogens is 529 g/mol. The molecule has 9 heteroatoms. The third-order valence-corrected chi connectivity index (χ3v) is 5.79. The van der Waals surface area contributed by atoms with Crippen LogP contribution in [-0.2, 0) is 16.0 Å². The molecule has 0 spiro atoms. The summed E-state index contributed by atoms with van der Waals surface area (Å²) in [4.78, 5) is 35.5. The number of rotatable bonds is 6. The lowest BCUT2D eigenvalue weighted by Gasteiger charge is -2.36. The van der Waals surface area contributed by atoms with E-state index in [1.165, 1.54) is 0 Å². The predicted molar refractivity (Wildman–Crippen MR) is 135 cm³/mol. The van der Waals surface area contributed by atoms with E-state index in [-0.39, 0.29) is 35.8 Å². The third-order valence-electron chi connectivity index (χ3n) is 5.56. The highest BCUT2D eigenvalue weighted by Crippen LogP contribution is 2.13. The van der Waals surface area contributed by atoms with E-state index in [0.717, 1.165) is 57.1 Å². The Balaban J connectivity index is 0.00000341. The Labute approximate surface area is 207 Å². The zero-order valence-corrected chi connectivity index (χ0v) is 21.3. The molecule has 0 aromatic heterocycles. The van der Waals surface area contributed by atoms with E-state index in [0.29, 0.717) is 37.5 Å². The van der Waals surface area contributed by atoms with E-state index >= 15 is 0 Å². The molecular formula is C22H33ClIN5O2. The molecule has 2 fully saturated rings. The van der Waals surface area contributed by atoms with E-state index in [4.69, 9.17) is 11.6 Å². The molecule has 2 heterocycles. The van der Waals surface area contributed by atoms with Gasteiger partial charge in [-0.2, -0.15) is 0 Å². The zero-order valence-electron chi connectivity index (χ0n) is 18.2. The minimum absolute atomic E-state index is 0. The Morgan fingerprint density at radius 3 is 2.29 bits per heavy atom. The van der Waals surface area contributed by atoms with Crippen molar-refractivity contribution in [3.63, 3.8) is 0 Å². The van der Waals surface area contributed by atoms with Crippen molar-refractivity contribution in [2.45, 2.75) is 32.6 Å². The van der Waals surface area contributed by atoms with Gasteiger partial charge in [0.2, 0.25) is 11.8 Å². The summed E-state index contributed by atoms with van der Waals surface area (Å²) in [5, 5.41) is 3.97. The summed E-state index contributed by atoms with van der Waals surface area (Å²) in [6.07, 6.45) is 3.04. The number of halogens is 2. The molecule has 1 N–H and O–H groups in total. The van der Waals surface area contributed by atoms with Gasteiger partial charge in [0.15, 0.2) is 5.96 Å². The third kappa shape index (κ3) is 7.82. The van der Waals surface area contributed by atoms with Crippen molar-refractivity contribution in [3.8, 4) is 0 Å². The molecule has 0 atom stereocenters. The normalized spacial score (nSPS) is 16.8. The van der Waals surface area contributed by atoms with Gasteiger partial charge in [-0.1, -0.05) is 23.7 Å². The number of guanidine groups is 1. The predicted octanol–water partition coefficient (Wildman–Crippen LogP) is 2.62. The SMILES string of the molecule is CCNC(=NCCC(=O)N1CCCC1)N1CCN(C(=O)Cc2cccc(Cl)c2)CC1.I. The standard InChI is InChI=1S/C22H32ClN5O2.HI/c1-2-24-22(25-9-8-20(29)26-10-3-4-11-26)28-14-12-27(13-15-28)21(30)17-18-6-5-7-19(23)16-18;/h5-7,16H,2-4,8-15,17H2,1H3,(H,24,25);1H. The van der Waals surface area contributed by atoms with E-state index in [9.17, 15) is 9.59 Å². The van der Waals surface area contributed by atoms with Crippen LogP contribution in [0.2, 0.25) is 5.02 Å². The summed E-state index contributed by atoms with van der Waals surface area (Å²) >= 11 is 6.02. The Morgan fingerprint density at radius 1 is 1.00 bits per heavy atom. The Bertz CT molecular complexity index is 762. The number of carbonyl (C=O) groups excluding carboxylic acids is 2. The maximum atomic E-state index is 12.6. The second kappa shape index (κ2) is 13.1. The Kier molecular flexibility index (Phi) is 10.9. The number of carbonyl (C=O) groups is 2. The quantitative estimate of drug-likeness (QED) is 0.330. The summed E-state index contributed by atoms with van der Waals surface area (Å²) in [7, 11) is 0. The molecule has 0 bridgehead atoms. The van der Waals surface area contributed by atoms with Gasteiger partial charge in [-0.25, -0.2) is 0 Å². The Morgan fingerprint density at radius 2 is 1.65 bits per heavy atom. The van der Waals surface area contributed by atoms with Gasteiger partial charge in [0.1, 0.15) is 0 Å². The number of hydrogen-bond donors (Lipinski definition) is 1. The van der Waals surface area contributed by atoms with E-state index in [2.05, 4.69) is 15.2 Å². The maximum Gasteiger partial charge on any atom is 0.227 e. The van der Waals surface area contributed by atoms with Crippen LogP contribution in [0, 0.1) is 0 Å². The van der Waals surface area contributed by atoms with Gasteiger partial charge in [-0.15, -0.1) is 24.0 Å². The summed E-state index contributed by atoms with van der Waals surface area (Å²) in [5.74, 6) is 1.15. The second-order valence-corrected chi connectivity index (χ2v) is 8.18. The van der Waals surface area contributed by atoms with Crippen LogP contribution in [0.5, 0.6) is 0 Å². The number of hydrogen-bond acceptors (Lipinski definition) is 3. The summed E-state index contributed by atoms with van der Waals surface area (Å²) in [6, 6.07) is 7.46. The fourth-order valence-corrected chi connectivity index (χ4v) is 4.12. The molecule has 2 saturated heterocycles. The van der Waals surface area contributed by atoms with Crippen molar-refractivity contribution in [2.24, 2.45) is 4.99 Å². The van der Waals surface area contributed by atoms with Crippen LogP contribution >= 0.6 is 35.6 Å². The van der Waals surface area contributed by atoms with E-state index in [1.54, 1.807) is 0 Å². The lowest BCUT2D eigenvalue weighted by molar-refractivity contribution is -0.132. The topological polar surface area (TPSA) is 68.2 Å². The molecule has 2 amide bonds. The first-order chi connectivity index (χ1) is 14.6. The zero-order chi connectivity index (χ0) is 21.3. The van der Waals surface area contributed by atoms with Crippen LogP contribution in [0.25, 0.3) is 0 Å². The van der Waals surface area contributed by atoms with Crippen LogP contribution in [0.4, 0.5) is 0 Å². The van der Waals surface area contributed by atoms with Gasteiger partial charge in [-0.3, -0.25) is 14.6 Å². The van der Waals surface area contributed by atoms with Crippen LogP contribution in [0.15, 0.2) is 29.3 Å². The number of likely N-dealkylation sites (tertiary alicyclic amines) is 1. The molecule has 1 aromatic carbocycles. The number of nitrogens with zero attached hydrogens (tertiary/aromatic N) is 4. The van der Waals surface area contributed by atoms with E-state index in [1.807, 2.05) is 41.0 Å². The minimum Gasteiger partial charge on any atom is -0.357 e.